The average molecular weight is 161 g/mol. The zero-order valence-electron chi connectivity index (χ0n) is 6.18. The van der Waals surface area contributed by atoms with Gasteiger partial charge < -0.3 is 10.8 Å². The summed E-state index contributed by atoms with van der Waals surface area (Å²) < 4.78 is 0. The maximum absolute atomic E-state index is 8.94. The van der Waals surface area contributed by atoms with E-state index in [2.05, 4.69) is 0 Å². The lowest BCUT2D eigenvalue weighted by Crippen LogP contribution is -2.43. The van der Waals surface area contributed by atoms with E-state index in [1.165, 1.54) is 5.75 Å². The lowest BCUT2D eigenvalue weighted by atomic mass is 9.93. The van der Waals surface area contributed by atoms with Gasteiger partial charge in [0.05, 0.1) is 6.61 Å². The number of thioether (sulfide) groups is 1. The van der Waals surface area contributed by atoms with Crippen molar-refractivity contribution in [1.29, 1.82) is 0 Å². The van der Waals surface area contributed by atoms with Gasteiger partial charge in [-0.3, -0.25) is 0 Å². The first-order chi connectivity index (χ1) is 4.77. The Hall–Kier alpha value is 0.270. The Morgan fingerprint density at radius 3 is 2.90 bits per heavy atom. The van der Waals surface area contributed by atoms with E-state index in [4.69, 9.17) is 10.8 Å². The van der Waals surface area contributed by atoms with Crippen LogP contribution in [0, 0.1) is 0 Å². The SMILES string of the molecule is NC1(CO)CCCSCC1. The van der Waals surface area contributed by atoms with Crippen LogP contribution in [0.4, 0.5) is 0 Å². The minimum atomic E-state index is -0.260. The summed E-state index contributed by atoms with van der Waals surface area (Å²) >= 11 is 1.94. The van der Waals surface area contributed by atoms with Crippen molar-refractivity contribution in [2.75, 3.05) is 18.1 Å². The van der Waals surface area contributed by atoms with Gasteiger partial charge in [-0.1, -0.05) is 0 Å². The zero-order chi connectivity index (χ0) is 7.45. The minimum absolute atomic E-state index is 0.146. The van der Waals surface area contributed by atoms with Crippen LogP contribution in [-0.4, -0.2) is 28.8 Å². The van der Waals surface area contributed by atoms with Gasteiger partial charge in [-0.05, 0) is 30.8 Å². The number of rotatable bonds is 1. The summed E-state index contributed by atoms with van der Waals surface area (Å²) in [6.07, 6.45) is 3.10. The molecule has 1 unspecified atom stereocenters. The lowest BCUT2D eigenvalue weighted by Gasteiger charge is -2.24. The molecule has 0 saturated carbocycles. The molecule has 0 spiro atoms. The minimum Gasteiger partial charge on any atom is -0.394 e. The summed E-state index contributed by atoms with van der Waals surface area (Å²) in [4.78, 5) is 0. The standard InChI is InChI=1S/C7H15NOS/c8-7(6-9)2-1-4-10-5-3-7/h9H,1-6,8H2. The normalized spacial score (nSPS) is 35.4. The summed E-state index contributed by atoms with van der Waals surface area (Å²) in [6, 6.07) is 0. The number of hydrogen-bond donors (Lipinski definition) is 2. The number of nitrogens with two attached hydrogens (primary N) is 1. The smallest absolute Gasteiger partial charge is 0.0611 e. The molecule has 0 aliphatic carbocycles. The van der Waals surface area contributed by atoms with Crippen LogP contribution in [0.1, 0.15) is 19.3 Å². The number of aliphatic hydroxyl groups is 1. The van der Waals surface area contributed by atoms with Crippen LogP contribution in [0.15, 0.2) is 0 Å². The summed E-state index contributed by atoms with van der Waals surface area (Å²) in [7, 11) is 0. The van der Waals surface area contributed by atoms with Gasteiger partial charge in [0, 0.05) is 5.54 Å². The number of hydrogen-bond acceptors (Lipinski definition) is 3. The molecule has 1 aliphatic rings. The molecule has 1 heterocycles. The third kappa shape index (κ3) is 2.15. The Morgan fingerprint density at radius 1 is 1.40 bits per heavy atom. The van der Waals surface area contributed by atoms with Crippen LogP contribution in [-0.2, 0) is 0 Å². The van der Waals surface area contributed by atoms with Gasteiger partial charge in [-0.25, -0.2) is 0 Å². The van der Waals surface area contributed by atoms with Crippen molar-refractivity contribution < 1.29 is 5.11 Å². The third-order valence-corrected chi connectivity index (χ3v) is 3.09. The molecule has 10 heavy (non-hydrogen) atoms. The van der Waals surface area contributed by atoms with Crippen LogP contribution in [0.2, 0.25) is 0 Å². The average Bonchev–Trinajstić information content (AvgIpc) is 2.15. The van der Waals surface area contributed by atoms with Gasteiger partial charge in [-0.15, -0.1) is 0 Å². The van der Waals surface area contributed by atoms with Gasteiger partial charge in [0.25, 0.3) is 0 Å². The first-order valence-electron chi connectivity index (χ1n) is 3.74. The second-order valence-corrected chi connectivity index (χ2v) is 4.21. The predicted octanol–water partition coefficient (Wildman–Crippen LogP) is 0.593. The highest BCUT2D eigenvalue weighted by molar-refractivity contribution is 7.99. The molecule has 60 valence electrons. The summed E-state index contributed by atoms with van der Waals surface area (Å²) in [5, 5.41) is 8.94. The Balaban J connectivity index is 2.41. The molecule has 0 amide bonds. The Labute approximate surface area is 66.2 Å². The molecular formula is C7H15NOS. The highest BCUT2D eigenvalue weighted by Crippen LogP contribution is 2.23. The lowest BCUT2D eigenvalue weighted by molar-refractivity contribution is 0.184. The summed E-state index contributed by atoms with van der Waals surface area (Å²) in [6.45, 7) is 0.146. The topological polar surface area (TPSA) is 46.2 Å². The van der Waals surface area contributed by atoms with Crippen LogP contribution in [0.25, 0.3) is 0 Å². The molecule has 1 fully saturated rings. The molecule has 0 aromatic heterocycles. The van der Waals surface area contributed by atoms with E-state index >= 15 is 0 Å². The van der Waals surface area contributed by atoms with E-state index in [0.29, 0.717) is 0 Å². The van der Waals surface area contributed by atoms with Gasteiger partial charge in [0.15, 0.2) is 0 Å². The monoisotopic (exact) mass is 161 g/mol. The van der Waals surface area contributed by atoms with Crippen molar-refractivity contribution in [2.45, 2.75) is 24.8 Å². The molecule has 1 aliphatic heterocycles. The number of aliphatic hydroxyl groups excluding tert-OH is 1. The fraction of sp³-hybridized carbons (Fsp3) is 1.00. The van der Waals surface area contributed by atoms with E-state index in [9.17, 15) is 0 Å². The molecule has 0 aromatic carbocycles. The van der Waals surface area contributed by atoms with Gasteiger partial charge in [0.2, 0.25) is 0 Å². The van der Waals surface area contributed by atoms with Gasteiger partial charge in [-0.2, -0.15) is 11.8 Å². The molecule has 3 heteroatoms. The van der Waals surface area contributed by atoms with Crippen LogP contribution in [0.5, 0.6) is 0 Å². The fourth-order valence-electron chi connectivity index (χ4n) is 1.19. The second-order valence-electron chi connectivity index (χ2n) is 2.99. The van der Waals surface area contributed by atoms with E-state index in [1.54, 1.807) is 0 Å². The Bertz CT molecular complexity index is 99.8. The molecule has 0 bridgehead atoms. The summed E-state index contributed by atoms with van der Waals surface area (Å²) in [5.41, 5.74) is 5.63. The quantitative estimate of drug-likeness (QED) is 0.592. The molecule has 2 nitrogen and oxygen atoms in total. The van der Waals surface area contributed by atoms with E-state index in [-0.39, 0.29) is 12.1 Å². The molecule has 1 rings (SSSR count). The van der Waals surface area contributed by atoms with Crippen molar-refractivity contribution in [3.63, 3.8) is 0 Å². The zero-order valence-corrected chi connectivity index (χ0v) is 6.99. The molecule has 0 radical (unpaired) electrons. The van der Waals surface area contributed by atoms with E-state index < -0.39 is 0 Å². The van der Waals surface area contributed by atoms with E-state index in [1.807, 2.05) is 11.8 Å². The third-order valence-electron chi connectivity index (χ3n) is 2.02. The maximum atomic E-state index is 8.94. The molecule has 1 saturated heterocycles. The first kappa shape index (κ1) is 8.37. The van der Waals surface area contributed by atoms with E-state index in [0.717, 1.165) is 25.0 Å². The summed E-state index contributed by atoms with van der Waals surface area (Å²) in [5.74, 6) is 2.32. The van der Waals surface area contributed by atoms with Crippen LogP contribution < -0.4 is 5.73 Å². The predicted molar refractivity (Wildman–Crippen MR) is 45.2 cm³/mol. The maximum Gasteiger partial charge on any atom is 0.0611 e. The molecule has 0 aromatic rings. The van der Waals surface area contributed by atoms with Crippen molar-refractivity contribution in [1.82, 2.24) is 0 Å². The second kappa shape index (κ2) is 3.60. The first-order valence-corrected chi connectivity index (χ1v) is 4.90. The molecule has 3 N–H and O–H groups in total. The van der Waals surface area contributed by atoms with Crippen molar-refractivity contribution in [3.8, 4) is 0 Å². The van der Waals surface area contributed by atoms with Gasteiger partial charge >= 0.3 is 0 Å². The molecule has 1 atom stereocenters. The van der Waals surface area contributed by atoms with Crippen molar-refractivity contribution >= 4 is 11.8 Å². The fourth-order valence-corrected chi connectivity index (χ4v) is 2.29. The van der Waals surface area contributed by atoms with Crippen LogP contribution in [0.3, 0.4) is 0 Å². The highest BCUT2D eigenvalue weighted by atomic mass is 32.2. The highest BCUT2D eigenvalue weighted by Gasteiger charge is 2.24. The Kier molecular flexibility index (Phi) is 3.01. The Morgan fingerprint density at radius 2 is 2.20 bits per heavy atom. The van der Waals surface area contributed by atoms with Crippen molar-refractivity contribution in [3.05, 3.63) is 0 Å². The largest absolute Gasteiger partial charge is 0.394 e. The molecular weight excluding hydrogens is 146 g/mol. The van der Waals surface area contributed by atoms with Crippen LogP contribution >= 0.6 is 11.8 Å². The van der Waals surface area contributed by atoms with Gasteiger partial charge in [0.1, 0.15) is 0 Å². The van der Waals surface area contributed by atoms with Crippen molar-refractivity contribution in [2.24, 2.45) is 5.73 Å².